The van der Waals surface area contributed by atoms with Gasteiger partial charge in [0.2, 0.25) is 5.91 Å². The first-order valence-electron chi connectivity index (χ1n) is 8.94. The van der Waals surface area contributed by atoms with Crippen molar-refractivity contribution in [3.63, 3.8) is 0 Å². The highest BCUT2D eigenvalue weighted by molar-refractivity contribution is 6.05. The number of aryl methyl sites for hydroxylation is 2. The summed E-state index contributed by atoms with van der Waals surface area (Å²) in [6, 6.07) is 8.75. The van der Waals surface area contributed by atoms with Crippen LogP contribution >= 0.6 is 0 Å². The highest BCUT2D eigenvalue weighted by Gasteiger charge is 2.39. The van der Waals surface area contributed by atoms with E-state index in [2.05, 4.69) is 27.6 Å². The predicted octanol–water partition coefficient (Wildman–Crippen LogP) is 3.12. The van der Waals surface area contributed by atoms with Crippen molar-refractivity contribution in [3.8, 4) is 0 Å². The maximum atomic E-state index is 12.5. The van der Waals surface area contributed by atoms with Gasteiger partial charge in [0.15, 0.2) is 5.65 Å². The Morgan fingerprint density at radius 2 is 1.85 bits per heavy atom. The second kappa shape index (κ2) is 6.50. The van der Waals surface area contributed by atoms with Crippen LogP contribution in [0.25, 0.3) is 11.0 Å². The van der Waals surface area contributed by atoms with E-state index in [0.717, 1.165) is 23.1 Å². The van der Waals surface area contributed by atoms with Gasteiger partial charge in [0, 0.05) is 29.6 Å². The molecule has 27 heavy (non-hydrogen) atoms. The third kappa shape index (κ3) is 3.40. The number of rotatable bonds is 4. The number of carbonyl (C=O) groups is 2. The van der Waals surface area contributed by atoms with Crippen LogP contribution in [-0.4, -0.2) is 26.6 Å². The summed E-state index contributed by atoms with van der Waals surface area (Å²) in [7, 11) is 1.84. The molecule has 0 aliphatic heterocycles. The smallest absolute Gasteiger partial charge is 0.255 e. The molecule has 2 amide bonds. The minimum absolute atomic E-state index is 0.0471. The fraction of sp³-hybridized carbons (Fsp3) is 0.300. The molecule has 0 radical (unpaired) electrons. The Labute approximate surface area is 156 Å². The first-order valence-corrected chi connectivity index (χ1v) is 8.94. The van der Waals surface area contributed by atoms with Crippen LogP contribution in [0.4, 0.5) is 11.4 Å². The molecule has 1 aliphatic rings. The number of pyridine rings is 1. The number of nitrogens with zero attached hydrogens (tertiary/aromatic N) is 3. The van der Waals surface area contributed by atoms with Crippen molar-refractivity contribution in [2.24, 2.45) is 18.9 Å². The molecule has 7 heteroatoms. The zero-order chi connectivity index (χ0) is 19.1. The maximum Gasteiger partial charge on any atom is 0.255 e. The Kier molecular flexibility index (Phi) is 4.14. The molecule has 138 valence electrons. The number of amides is 2. The first kappa shape index (κ1) is 17.2. The van der Waals surface area contributed by atoms with Crippen molar-refractivity contribution < 1.29 is 9.59 Å². The lowest BCUT2D eigenvalue weighted by Crippen LogP contribution is -2.15. The van der Waals surface area contributed by atoms with Gasteiger partial charge in [-0.3, -0.25) is 14.3 Å². The van der Waals surface area contributed by atoms with E-state index in [4.69, 9.17) is 0 Å². The van der Waals surface area contributed by atoms with E-state index in [0.29, 0.717) is 22.9 Å². The van der Waals surface area contributed by atoms with Gasteiger partial charge in [-0.05, 0) is 49.6 Å². The van der Waals surface area contributed by atoms with Gasteiger partial charge >= 0.3 is 0 Å². The lowest BCUT2D eigenvalue weighted by Gasteiger charge is -2.08. The summed E-state index contributed by atoms with van der Waals surface area (Å²) in [6.45, 7) is 3.97. The van der Waals surface area contributed by atoms with Crippen molar-refractivity contribution in [2.45, 2.75) is 20.3 Å². The van der Waals surface area contributed by atoms with E-state index in [1.54, 1.807) is 35.1 Å². The molecule has 3 aromatic rings. The first-order chi connectivity index (χ1) is 12.9. The van der Waals surface area contributed by atoms with Crippen LogP contribution in [0.15, 0.2) is 36.5 Å². The third-order valence-electron chi connectivity index (χ3n) is 4.98. The number of carbonyl (C=O) groups excluding carboxylic acids is 2. The summed E-state index contributed by atoms with van der Waals surface area (Å²) < 4.78 is 1.71. The summed E-state index contributed by atoms with van der Waals surface area (Å²) in [6.07, 6.45) is 2.56. The largest absolute Gasteiger partial charge is 0.326 e. The number of hydrogen-bond donors (Lipinski definition) is 2. The Morgan fingerprint density at radius 1 is 1.15 bits per heavy atom. The van der Waals surface area contributed by atoms with Crippen molar-refractivity contribution in [3.05, 3.63) is 47.8 Å². The molecular weight excluding hydrogens is 342 g/mol. The number of fused-ring (bicyclic) bond motifs is 1. The predicted molar refractivity (Wildman–Crippen MR) is 104 cm³/mol. The minimum Gasteiger partial charge on any atom is -0.326 e. The molecule has 1 aliphatic carbocycles. The topological polar surface area (TPSA) is 88.9 Å². The molecule has 2 aromatic heterocycles. The van der Waals surface area contributed by atoms with Crippen molar-refractivity contribution in [1.29, 1.82) is 0 Å². The van der Waals surface area contributed by atoms with Crippen LogP contribution in [0, 0.1) is 18.8 Å². The van der Waals surface area contributed by atoms with Gasteiger partial charge in [-0.2, -0.15) is 5.10 Å². The van der Waals surface area contributed by atoms with Crippen molar-refractivity contribution in [1.82, 2.24) is 14.8 Å². The van der Waals surface area contributed by atoms with E-state index in [1.807, 2.05) is 20.0 Å². The Morgan fingerprint density at radius 3 is 2.52 bits per heavy atom. The summed E-state index contributed by atoms with van der Waals surface area (Å²) >= 11 is 0. The summed E-state index contributed by atoms with van der Waals surface area (Å²) in [4.78, 5) is 28.8. The van der Waals surface area contributed by atoms with Crippen molar-refractivity contribution in [2.75, 3.05) is 10.6 Å². The fourth-order valence-electron chi connectivity index (χ4n) is 3.21. The SMILES string of the molecule is Cc1nn(C)c2ncc(NC(=O)c3ccc(NC(=O)C4CC4C)cc3)cc12. The molecule has 2 unspecified atom stereocenters. The van der Waals surface area contributed by atoms with E-state index >= 15 is 0 Å². The van der Waals surface area contributed by atoms with Crippen molar-refractivity contribution >= 4 is 34.2 Å². The third-order valence-corrected chi connectivity index (χ3v) is 4.98. The summed E-state index contributed by atoms with van der Waals surface area (Å²) in [5.41, 5.74) is 3.46. The van der Waals surface area contributed by atoms with Crippen LogP contribution in [0.2, 0.25) is 0 Å². The van der Waals surface area contributed by atoms with Gasteiger partial charge in [0.05, 0.1) is 17.6 Å². The standard InChI is InChI=1S/C20H21N5O2/c1-11-8-16(11)20(27)22-14-6-4-13(5-7-14)19(26)23-15-9-17-12(2)24-25(3)18(17)21-10-15/h4-7,9-11,16H,8H2,1-3H3,(H,22,27)(H,23,26). The fourth-order valence-corrected chi connectivity index (χ4v) is 3.21. The van der Waals surface area contributed by atoms with Gasteiger partial charge in [0.1, 0.15) is 0 Å². The van der Waals surface area contributed by atoms with Gasteiger partial charge in [-0.25, -0.2) is 4.98 Å². The number of aromatic nitrogens is 3. The number of nitrogens with one attached hydrogen (secondary N) is 2. The van der Waals surface area contributed by atoms with Crippen LogP contribution in [-0.2, 0) is 11.8 Å². The average molecular weight is 363 g/mol. The number of benzene rings is 1. The zero-order valence-electron chi connectivity index (χ0n) is 15.5. The molecule has 0 spiro atoms. The minimum atomic E-state index is -0.230. The highest BCUT2D eigenvalue weighted by atomic mass is 16.2. The van der Waals surface area contributed by atoms with Crippen LogP contribution in [0.1, 0.15) is 29.4 Å². The molecule has 0 saturated heterocycles. The molecule has 1 fully saturated rings. The Balaban J connectivity index is 1.45. The number of hydrogen-bond acceptors (Lipinski definition) is 4. The summed E-state index contributed by atoms with van der Waals surface area (Å²) in [5.74, 6) is 0.396. The van der Waals surface area contributed by atoms with E-state index in [-0.39, 0.29) is 17.7 Å². The molecule has 4 rings (SSSR count). The second-order valence-electron chi connectivity index (χ2n) is 7.14. The van der Waals surface area contributed by atoms with Crippen LogP contribution in [0.5, 0.6) is 0 Å². The van der Waals surface area contributed by atoms with Crippen LogP contribution < -0.4 is 10.6 Å². The highest BCUT2D eigenvalue weighted by Crippen LogP contribution is 2.38. The van der Waals surface area contributed by atoms with Crippen LogP contribution in [0.3, 0.4) is 0 Å². The average Bonchev–Trinajstić information content (AvgIpc) is 3.32. The molecule has 2 heterocycles. The molecule has 0 bridgehead atoms. The molecular formula is C20H21N5O2. The lowest BCUT2D eigenvalue weighted by molar-refractivity contribution is -0.117. The molecule has 2 atom stereocenters. The van der Waals surface area contributed by atoms with Gasteiger partial charge in [-0.1, -0.05) is 6.92 Å². The molecule has 2 N–H and O–H groups in total. The van der Waals surface area contributed by atoms with Gasteiger partial charge in [0.25, 0.3) is 5.91 Å². The molecule has 1 aromatic carbocycles. The summed E-state index contributed by atoms with van der Waals surface area (Å²) in [5, 5.41) is 11.0. The second-order valence-corrected chi connectivity index (χ2v) is 7.14. The molecule has 7 nitrogen and oxygen atoms in total. The lowest BCUT2D eigenvalue weighted by atomic mass is 10.2. The quantitative estimate of drug-likeness (QED) is 0.745. The number of anilines is 2. The van der Waals surface area contributed by atoms with E-state index in [1.165, 1.54) is 0 Å². The Hall–Kier alpha value is -3.22. The monoisotopic (exact) mass is 363 g/mol. The normalized spacial score (nSPS) is 18.3. The molecule has 1 saturated carbocycles. The van der Waals surface area contributed by atoms with E-state index < -0.39 is 0 Å². The Bertz CT molecular complexity index is 1040. The maximum absolute atomic E-state index is 12.5. The zero-order valence-corrected chi connectivity index (χ0v) is 15.5. The van der Waals surface area contributed by atoms with Gasteiger partial charge in [-0.15, -0.1) is 0 Å². The van der Waals surface area contributed by atoms with Gasteiger partial charge < -0.3 is 10.6 Å². The van der Waals surface area contributed by atoms with E-state index in [9.17, 15) is 9.59 Å².